The first-order valence-corrected chi connectivity index (χ1v) is 6.98. The molecular formula is C12H10ClNOS2. The maximum absolute atomic E-state index is 10.7. The third-order valence-electron chi connectivity index (χ3n) is 2.24. The lowest BCUT2D eigenvalue weighted by Crippen LogP contribution is -1.81. The summed E-state index contributed by atoms with van der Waals surface area (Å²) < 4.78 is 0.797. The molecule has 0 unspecified atom stereocenters. The average Bonchev–Trinajstić information content (AvgIpc) is 2.64. The topological polar surface area (TPSA) is 30.0 Å². The van der Waals surface area contributed by atoms with Crippen LogP contribution in [-0.2, 0) is 0 Å². The van der Waals surface area contributed by atoms with Crippen molar-refractivity contribution in [3.05, 3.63) is 39.4 Å². The normalized spacial score (nSPS) is 10.5. The molecule has 2 rings (SSSR count). The number of carbonyl (C=O) groups is 1. The van der Waals surface area contributed by atoms with Gasteiger partial charge in [-0.25, -0.2) is 4.98 Å². The number of aromatic nitrogens is 1. The molecule has 5 heteroatoms. The van der Waals surface area contributed by atoms with Crippen LogP contribution in [0, 0.1) is 13.8 Å². The maximum atomic E-state index is 10.7. The lowest BCUT2D eigenvalue weighted by Gasteiger charge is -2.03. The van der Waals surface area contributed by atoms with Crippen molar-refractivity contribution in [2.45, 2.75) is 23.1 Å². The summed E-state index contributed by atoms with van der Waals surface area (Å²) >= 11 is 8.70. The zero-order valence-corrected chi connectivity index (χ0v) is 11.7. The van der Waals surface area contributed by atoms with Gasteiger partial charge in [-0.05, 0) is 31.0 Å². The number of hydrogen-bond donors (Lipinski definition) is 0. The molecule has 2 aromatic rings. The van der Waals surface area contributed by atoms with Crippen molar-refractivity contribution in [3.8, 4) is 0 Å². The molecule has 0 fully saturated rings. The third kappa shape index (κ3) is 2.89. The van der Waals surface area contributed by atoms with Crippen LogP contribution in [0.15, 0.2) is 27.4 Å². The Morgan fingerprint density at radius 3 is 2.82 bits per heavy atom. The molecule has 1 heterocycles. The number of aryl methyl sites for hydroxylation is 2. The highest BCUT2D eigenvalue weighted by molar-refractivity contribution is 8.01. The predicted octanol–water partition coefficient (Wildman–Crippen LogP) is 4.38. The van der Waals surface area contributed by atoms with E-state index in [2.05, 4.69) is 37.0 Å². The molecular weight excluding hydrogens is 274 g/mol. The monoisotopic (exact) mass is 283 g/mol. The second-order valence-electron chi connectivity index (χ2n) is 3.62. The number of rotatable bonds is 3. The van der Waals surface area contributed by atoms with Gasteiger partial charge < -0.3 is 0 Å². The molecule has 0 N–H and O–H groups in total. The van der Waals surface area contributed by atoms with Crippen LogP contribution in [-0.4, -0.2) is 11.3 Å². The molecule has 88 valence electrons. The van der Waals surface area contributed by atoms with E-state index in [4.69, 9.17) is 11.6 Å². The van der Waals surface area contributed by atoms with Crippen molar-refractivity contribution in [3.63, 3.8) is 0 Å². The van der Waals surface area contributed by atoms with Crippen LogP contribution in [0.2, 0.25) is 5.15 Å². The molecule has 0 radical (unpaired) electrons. The van der Waals surface area contributed by atoms with Crippen LogP contribution in [0.4, 0.5) is 0 Å². The van der Waals surface area contributed by atoms with Crippen LogP contribution in [0.1, 0.15) is 20.8 Å². The molecule has 0 saturated heterocycles. The van der Waals surface area contributed by atoms with Crippen LogP contribution in [0.25, 0.3) is 0 Å². The minimum absolute atomic E-state index is 0.290. The highest BCUT2D eigenvalue weighted by atomic mass is 35.5. The Labute approximate surface area is 113 Å². The first kappa shape index (κ1) is 12.6. The van der Waals surface area contributed by atoms with Gasteiger partial charge in [0.15, 0.2) is 15.8 Å². The molecule has 0 amide bonds. The Morgan fingerprint density at radius 1 is 1.41 bits per heavy atom. The van der Waals surface area contributed by atoms with E-state index >= 15 is 0 Å². The van der Waals surface area contributed by atoms with Gasteiger partial charge in [0.25, 0.3) is 0 Å². The van der Waals surface area contributed by atoms with Crippen molar-refractivity contribution in [1.29, 1.82) is 0 Å². The average molecular weight is 284 g/mol. The highest BCUT2D eigenvalue weighted by Gasteiger charge is 2.10. The summed E-state index contributed by atoms with van der Waals surface area (Å²) in [6.45, 7) is 4.10. The van der Waals surface area contributed by atoms with Crippen molar-refractivity contribution in [2.75, 3.05) is 0 Å². The summed E-state index contributed by atoms with van der Waals surface area (Å²) in [6.07, 6.45) is 0.743. The summed E-state index contributed by atoms with van der Waals surface area (Å²) in [7, 11) is 0. The van der Waals surface area contributed by atoms with E-state index in [0.29, 0.717) is 4.88 Å². The largest absolute Gasteiger partial charge is 0.297 e. The summed E-state index contributed by atoms with van der Waals surface area (Å²) in [6, 6.07) is 6.26. The lowest BCUT2D eigenvalue weighted by atomic mass is 10.2. The number of carbonyl (C=O) groups excluding carboxylic acids is 1. The standard InChI is InChI=1S/C12H10ClNOS2/c1-7-3-4-8(2)9(5-7)16-12-14-11(13)10(6-15)17-12/h3-6H,1-2H3. The molecule has 0 aliphatic carbocycles. The van der Waals surface area contributed by atoms with Crippen molar-refractivity contribution < 1.29 is 4.79 Å². The molecule has 0 bridgehead atoms. The number of hydrogen-bond acceptors (Lipinski definition) is 4. The third-order valence-corrected chi connectivity index (χ3v) is 4.84. The molecule has 1 aromatic heterocycles. The van der Waals surface area contributed by atoms with E-state index in [9.17, 15) is 4.79 Å². The second kappa shape index (κ2) is 5.21. The fourth-order valence-electron chi connectivity index (χ4n) is 1.32. The first-order valence-electron chi connectivity index (χ1n) is 4.97. The van der Waals surface area contributed by atoms with Gasteiger partial charge in [0.05, 0.1) is 0 Å². The van der Waals surface area contributed by atoms with E-state index in [0.717, 1.165) is 15.5 Å². The molecule has 0 aliphatic rings. The Kier molecular flexibility index (Phi) is 3.86. The summed E-state index contributed by atoms with van der Waals surface area (Å²) in [5, 5.41) is 0.290. The van der Waals surface area contributed by atoms with E-state index in [1.807, 2.05) is 0 Å². The van der Waals surface area contributed by atoms with Gasteiger partial charge in [-0.15, -0.1) is 11.3 Å². The first-order chi connectivity index (χ1) is 8.10. The minimum atomic E-state index is 0.290. The molecule has 1 aromatic carbocycles. The van der Waals surface area contributed by atoms with Gasteiger partial charge in [-0.2, -0.15) is 0 Å². The number of aldehydes is 1. The van der Waals surface area contributed by atoms with Gasteiger partial charge in [0.1, 0.15) is 4.88 Å². The fraction of sp³-hybridized carbons (Fsp3) is 0.167. The number of thiazole rings is 1. The van der Waals surface area contributed by atoms with Crippen LogP contribution < -0.4 is 0 Å². The number of halogens is 1. The quantitative estimate of drug-likeness (QED) is 0.783. The van der Waals surface area contributed by atoms with E-state index in [1.165, 1.54) is 22.5 Å². The van der Waals surface area contributed by atoms with Gasteiger partial charge in [-0.3, -0.25) is 4.79 Å². The fourth-order valence-corrected chi connectivity index (χ4v) is 3.67. The Bertz CT molecular complexity index is 566. The Balaban J connectivity index is 2.30. The molecule has 0 aliphatic heterocycles. The Morgan fingerprint density at radius 2 is 2.18 bits per heavy atom. The van der Waals surface area contributed by atoms with E-state index < -0.39 is 0 Å². The maximum Gasteiger partial charge on any atom is 0.163 e. The van der Waals surface area contributed by atoms with Gasteiger partial charge in [-0.1, -0.05) is 35.5 Å². The SMILES string of the molecule is Cc1ccc(C)c(Sc2nc(Cl)c(C=O)s2)c1. The van der Waals surface area contributed by atoms with Crippen LogP contribution >= 0.6 is 34.7 Å². The Hall–Kier alpha value is -0.840. The van der Waals surface area contributed by atoms with E-state index in [-0.39, 0.29) is 5.15 Å². The van der Waals surface area contributed by atoms with Crippen molar-refractivity contribution in [2.24, 2.45) is 0 Å². The van der Waals surface area contributed by atoms with Crippen molar-refractivity contribution in [1.82, 2.24) is 4.98 Å². The van der Waals surface area contributed by atoms with Crippen molar-refractivity contribution >= 4 is 41.0 Å². The van der Waals surface area contributed by atoms with Gasteiger partial charge >= 0.3 is 0 Å². The molecule has 2 nitrogen and oxygen atoms in total. The zero-order chi connectivity index (χ0) is 12.4. The van der Waals surface area contributed by atoms with Gasteiger partial charge in [0, 0.05) is 4.90 Å². The second-order valence-corrected chi connectivity index (χ2v) is 6.30. The predicted molar refractivity (Wildman–Crippen MR) is 72.6 cm³/mol. The summed E-state index contributed by atoms with van der Waals surface area (Å²) in [4.78, 5) is 16.5. The molecule has 0 saturated carbocycles. The summed E-state index contributed by atoms with van der Waals surface area (Å²) in [5.41, 5.74) is 2.40. The highest BCUT2D eigenvalue weighted by Crippen LogP contribution is 2.35. The number of nitrogens with zero attached hydrogens (tertiary/aromatic N) is 1. The minimum Gasteiger partial charge on any atom is -0.297 e. The molecule has 0 atom stereocenters. The summed E-state index contributed by atoms with van der Waals surface area (Å²) in [5.74, 6) is 0. The van der Waals surface area contributed by atoms with Gasteiger partial charge in [0.2, 0.25) is 0 Å². The lowest BCUT2D eigenvalue weighted by molar-refractivity contribution is 0.112. The van der Waals surface area contributed by atoms with E-state index in [1.54, 1.807) is 11.8 Å². The molecule has 17 heavy (non-hydrogen) atoms. The molecule has 0 spiro atoms. The zero-order valence-electron chi connectivity index (χ0n) is 9.36. The number of benzene rings is 1. The van der Waals surface area contributed by atoms with Crippen LogP contribution in [0.5, 0.6) is 0 Å². The smallest absolute Gasteiger partial charge is 0.163 e. The van der Waals surface area contributed by atoms with Crippen LogP contribution in [0.3, 0.4) is 0 Å².